The summed E-state index contributed by atoms with van der Waals surface area (Å²) in [7, 11) is 0. The highest BCUT2D eigenvalue weighted by atomic mass is 79.9. The van der Waals surface area contributed by atoms with Crippen LogP contribution < -0.4 is 5.32 Å². The van der Waals surface area contributed by atoms with E-state index in [9.17, 15) is 9.90 Å². The SMILES string of the molecule is CSc1nc2c(F)c(Br)c(CCC#N)cc2c2c1cc([C@H]1CCCN1)n2[C@H]1[C@@H]2C[C@H]1N(C(=O)O)C2. The van der Waals surface area contributed by atoms with E-state index in [1.165, 1.54) is 11.8 Å². The van der Waals surface area contributed by atoms with Gasteiger partial charge in [-0.3, -0.25) is 0 Å². The van der Waals surface area contributed by atoms with Crippen LogP contribution in [0.25, 0.3) is 21.8 Å². The number of aryl methyl sites for hydroxylation is 1. The Hall–Kier alpha value is -2.35. The van der Waals surface area contributed by atoms with E-state index >= 15 is 4.39 Å². The molecule has 7 rings (SSSR count). The fourth-order valence-electron chi connectivity index (χ4n) is 6.35. The van der Waals surface area contributed by atoms with Crippen LogP contribution >= 0.6 is 27.7 Å². The lowest BCUT2D eigenvalue weighted by atomic mass is 9.79. The molecule has 7 nitrogen and oxygen atoms in total. The lowest BCUT2D eigenvalue weighted by Crippen LogP contribution is -2.43. The summed E-state index contributed by atoms with van der Waals surface area (Å²) in [4.78, 5) is 18.2. The Balaban J connectivity index is 1.67. The number of benzene rings is 1. The van der Waals surface area contributed by atoms with Crippen molar-refractivity contribution < 1.29 is 14.3 Å². The largest absolute Gasteiger partial charge is 0.465 e. The molecule has 3 aromatic rings. The quantitative estimate of drug-likeness (QED) is 0.395. The van der Waals surface area contributed by atoms with Gasteiger partial charge in [-0.05, 0) is 72.1 Å². The molecule has 4 atom stereocenters. The summed E-state index contributed by atoms with van der Waals surface area (Å²) in [6.07, 6.45) is 4.76. The summed E-state index contributed by atoms with van der Waals surface area (Å²) in [5, 5.41) is 25.0. The molecule has 10 heteroatoms. The van der Waals surface area contributed by atoms with Gasteiger partial charge in [-0.1, -0.05) is 0 Å². The first-order valence-electron chi connectivity index (χ1n) is 11.9. The predicted molar refractivity (Wildman–Crippen MR) is 136 cm³/mol. The van der Waals surface area contributed by atoms with Crippen LogP contribution in [0.4, 0.5) is 9.18 Å². The highest BCUT2D eigenvalue weighted by molar-refractivity contribution is 9.10. The number of pyridine rings is 1. The molecule has 5 heterocycles. The second-order valence-corrected chi connectivity index (χ2v) is 11.3. The van der Waals surface area contributed by atoms with Crippen molar-refractivity contribution in [2.24, 2.45) is 5.92 Å². The number of halogens is 2. The topological polar surface area (TPSA) is 94.2 Å². The third kappa shape index (κ3) is 3.39. The lowest BCUT2D eigenvalue weighted by Gasteiger charge is -2.39. The zero-order valence-corrected chi connectivity index (χ0v) is 21.6. The van der Waals surface area contributed by atoms with Crippen molar-refractivity contribution in [2.75, 3.05) is 19.3 Å². The van der Waals surface area contributed by atoms with E-state index < -0.39 is 11.9 Å². The molecule has 1 amide bonds. The number of carbonyl (C=O) groups is 1. The number of amides is 1. The first-order chi connectivity index (χ1) is 16.9. The molecule has 2 N–H and O–H groups in total. The van der Waals surface area contributed by atoms with E-state index in [1.807, 2.05) is 12.3 Å². The smallest absolute Gasteiger partial charge is 0.407 e. The Morgan fingerprint density at radius 1 is 1.43 bits per heavy atom. The van der Waals surface area contributed by atoms with Gasteiger partial charge >= 0.3 is 6.09 Å². The van der Waals surface area contributed by atoms with Crippen molar-refractivity contribution in [2.45, 2.75) is 55.3 Å². The summed E-state index contributed by atoms with van der Waals surface area (Å²) in [5.41, 5.74) is 3.12. The standard InChI is InChI=1S/C25H25BrFN5O2S/c1-35-24-15-10-17(16-5-3-7-29-16)32(22-13-9-18(22)31(11-13)25(33)34)23(15)14-8-12(4-2-6-28)19(26)20(27)21(14)30-24/h8,10,13,16,18,22,29H,2-5,7,9,11H2,1H3,(H,33,34)/t13-,16-,18-,22+/m1/s1. The molecule has 1 saturated carbocycles. The molecule has 2 bridgehead atoms. The lowest BCUT2D eigenvalue weighted by molar-refractivity contribution is 0.123. The fraction of sp³-hybridized carbons (Fsp3) is 0.480. The van der Waals surface area contributed by atoms with Gasteiger partial charge in [0.1, 0.15) is 10.5 Å². The van der Waals surface area contributed by atoms with Gasteiger partial charge in [0.2, 0.25) is 0 Å². The van der Waals surface area contributed by atoms with Gasteiger partial charge in [0, 0.05) is 41.4 Å². The van der Waals surface area contributed by atoms with Gasteiger partial charge in [-0.15, -0.1) is 11.8 Å². The number of carboxylic acid groups (broad SMARTS) is 1. The van der Waals surface area contributed by atoms with E-state index in [0.29, 0.717) is 29.4 Å². The number of nitrogens with zero attached hydrogens (tertiary/aromatic N) is 4. The highest BCUT2D eigenvalue weighted by Gasteiger charge is 2.56. The summed E-state index contributed by atoms with van der Waals surface area (Å²) >= 11 is 4.90. The van der Waals surface area contributed by atoms with Crippen LogP contribution in [0, 0.1) is 23.1 Å². The van der Waals surface area contributed by atoms with Gasteiger partial charge in [-0.25, -0.2) is 14.2 Å². The van der Waals surface area contributed by atoms with Crippen LogP contribution in [0.2, 0.25) is 0 Å². The average molecular weight is 558 g/mol. The number of fused-ring (bicyclic) bond motifs is 4. The number of aromatic nitrogens is 2. The van der Waals surface area contributed by atoms with Crippen LogP contribution in [-0.2, 0) is 6.42 Å². The summed E-state index contributed by atoms with van der Waals surface area (Å²) in [6.45, 7) is 1.48. The number of thioether (sulfide) groups is 1. The predicted octanol–water partition coefficient (Wildman–Crippen LogP) is 5.62. The van der Waals surface area contributed by atoms with E-state index in [4.69, 9.17) is 10.2 Å². The van der Waals surface area contributed by atoms with Crippen molar-refractivity contribution in [3.05, 3.63) is 33.7 Å². The van der Waals surface area contributed by atoms with Gasteiger partial charge in [0.15, 0.2) is 5.82 Å². The third-order valence-corrected chi connectivity index (χ3v) is 9.49. The molecule has 1 aliphatic carbocycles. The number of nitrogens with one attached hydrogen (secondary N) is 1. The highest BCUT2D eigenvalue weighted by Crippen LogP contribution is 2.53. The van der Waals surface area contributed by atoms with Crippen LogP contribution in [0.5, 0.6) is 0 Å². The van der Waals surface area contributed by atoms with Crippen LogP contribution in [0.3, 0.4) is 0 Å². The van der Waals surface area contributed by atoms with Gasteiger partial charge < -0.3 is 19.9 Å². The van der Waals surface area contributed by atoms with Crippen LogP contribution in [0.15, 0.2) is 21.6 Å². The van der Waals surface area contributed by atoms with Crippen molar-refractivity contribution in [1.29, 1.82) is 5.26 Å². The normalized spacial score (nSPS) is 25.4. The van der Waals surface area contributed by atoms with E-state index in [-0.39, 0.29) is 24.0 Å². The molecule has 35 heavy (non-hydrogen) atoms. The summed E-state index contributed by atoms with van der Waals surface area (Å²) in [6, 6.07) is 6.43. The Labute approximate surface area is 214 Å². The van der Waals surface area contributed by atoms with E-state index in [0.717, 1.165) is 58.4 Å². The number of nitriles is 1. The first kappa shape index (κ1) is 23.1. The first-order valence-corrected chi connectivity index (χ1v) is 14.0. The van der Waals surface area contributed by atoms with Crippen molar-refractivity contribution in [3.8, 4) is 6.07 Å². The van der Waals surface area contributed by atoms with Gasteiger partial charge in [0.25, 0.3) is 0 Å². The zero-order valence-electron chi connectivity index (χ0n) is 19.2. The maximum atomic E-state index is 15.7. The molecule has 2 aromatic heterocycles. The van der Waals surface area contributed by atoms with Crippen LogP contribution in [-0.4, -0.2) is 51.0 Å². The Kier molecular flexibility index (Phi) is 5.70. The average Bonchev–Trinajstić information content (AvgIpc) is 3.62. The summed E-state index contributed by atoms with van der Waals surface area (Å²) in [5.74, 6) is -0.171. The molecule has 0 spiro atoms. The number of rotatable bonds is 5. The molecular weight excluding hydrogens is 533 g/mol. The third-order valence-electron chi connectivity index (χ3n) is 7.94. The molecular formula is C25H25BrFN5O2S. The van der Waals surface area contributed by atoms with E-state index in [1.54, 1.807) is 4.90 Å². The van der Waals surface area contributed by atoms with Crippen molar-refractivity contribution >= 4 is 55.6 Å². The monoisotopic (exact) mass is 557 g/mol. The second-order valence-electron chi connectivity index (χ2n) is 9.68. The maximum absolute atomic E-state index is 15.7. The van der Waals surface area contributed by atoms with E-state index in [2.05, 4.69) is 37.9 Å². The number of hydrogen-bond donors (Lipinski definition) is 2. The number of hydrogen-bond acceptors (Lipinski definition) is 5. The second kappa shape index (κ2) is 8.64. The molecule has 3 saturated heterocycles. The fourth-order valence-corrected chi connectivity index (χ4v) is 7.41. The zero-order chi connectivity index (χ0) is 24.4. The van der Waals surface area contributed by atoms with Gasteiger partial charge in [0.05, 0.1) is 28.1 Å². The summed E-state index contributed by atoms with van der Waals surface area (Å²) < 4.78 is 18.4. The molecule has 4 fully saturated rings. The maximum Gasteiger partial charge on any atom is 0.407 e. The van der Waals surface area contributed by atoms with Crippen molar-refractivity contribution in [3.63, 3.8) is 0 Å². The molecule has 0 unspecified atom stereocenters. The Bertz CT molecular complexity index is 1410. The molecule has 0 radical (unpaired) electrons. The van der Waals surface area contributed by atoms with Gasteiger partial charge in [-0.2, -0.15) is 5.26 Å². The molecule has 182 valence electrons. The Morgan fingerprint density at radius 3 is 2.91 bits per heavy atom. The molecule has 3 aliphatic heterocycles. The minimum absolute atomic E-state index is 0.0237. The molecule has 1 aromatic carbocycles. The minimum atomic E-state index is -0.873. The minimum Gasteiger partial charge on any atom is -0.465 e. The van der Waals surface area contributed by atoms with Crippen molar-refractivity contribution in [1.82, 2.24) is 19.8 Å². The molecule has 4 aliphatic rings. The Morgan fingerprint density at radius 2 is 2.26 bits per heavy atom. The van der Waals surface area contributed by atoms with Crippen LogP contribution in [0.1, 0.15) is 49.0 Å².